The van der Waals surface area contributed by atoms with Gasteiger partial charge in [-0.05, 0) is 28.9 Å². The lowest BCUT2D eigenvalue weighted by molar-refractivity contribution is 1.15. The summed E-state index contributed by atoms with van der Waals surface area (Å²) < 4.78 is 0.713. The Hall–Kier alpha value is -1.60. The van der Waals surface area contributed by atoms with Crippen LogP contribution in [0.3, 0.4) is 0 Å². The fourth-order valence-corrected chi connectivity index (χ4v) is 1.93. The number of nitrogens with one attached hydrogen (secondary N) is 1. The molecular weight excluding hydrogens is 266 g/mol. The minimum absolute atomic E-state index is 0.333. The van der Waals surface area contributed by atoms with Gasteiger partial charge in [-0.25, -0.2) is 4.98 Å². The molecule has 0 atom stereocenters. The smallest absolute Gasteiger partial charge is 0.138 e. The summed E-state index contributed by atoms with van der Waals surface area (Å²) in [6.45, 7) is 2.04. The van der Waals surface area contributed by atoms with Crippen LogP contribution in [0.15, 0.2) is 28.9 Å². The van der Waals surface area contributed by atoms with Gasteiger partial charge in [0.25, 0.3) is 0 Å². The second-order valence-electron chi connectivity index (χ2n) is 3.56. The zero-order valence-corrected chi connectivity index (χ0v) is 10.4. The van der Waals surface area contributed by atoms with Crippen LogP contribution in [0, 0.1) is 18.3 Å². The van der Waals surface area contributed by atoms with Crippen LogP contribution >= 0.6 is 15.9 Å². The van der Waals surface area contributed by atoms with Crippen molar-refractivity contribution in [1.82, 2.24) is 9.97 Å². The summed E-state index contributed by atoms with van der Waals surface area (Å²) >= 11 is 3.34. The Morgan fingerprint density at radius 3 is 3.00 bits per heavy atom. The van der Waals surface area contributed by atoms with Gasteiger partial charge in [-0.15, -0.1) is 0 Å². The van der Waals surface area contributed by atoms with Crippen molar-refractivity contribution < 1.29 is 0 Å². The number of nitrogens with zero attached hydrogens (tertiary/aromatic N) is 2. The molecular formula is C12H10BrN3. The standard InChI is InChI=1S/C12H10BrN3/c1-8-3-2-4-9(7-8)12-15-10(5-6-14)11(13)16-12/h2-4,7H,5H2,1H3,(H,15,16). The maximum Gasteiger partial charge on any atom is 0.138 e. The molecule has 4 heteroatoms. The molecule has 0 bridgehead atoms. The second kappa shape index (κ2) is 4.50. The van der Waals surface area contributed by atoms with Crippen LogP contribution in [0.1, 0.15) is 11.3 Å². The van der Waals surface area contributed by atoms with Crippen molar-refractivity contribution >= 4 is 15.9 Å². The SMILES string of the molecule is Cc1cccc(-c2nc(Br)c(CC#N)[nH]2)c1. The van der Waals surface area contributed by atoms with E-state index in [9.17, 15) is 0 Å². The van der Waals surface area contributed by atoms with Gasteiger partial charge in [0.05, 0.1) is 18.2 Å². The molecule has 0 aliphatic rings. The average Bonchev–Trinajstić information content (AvgIpc) is 2.61. The molecule has 2 aromatic rings. The summed E-state index contributed by atoms with van der Waals surface area (Å²) in [6.07, 6.45) is 0.333. The molecule has 1 heterocycles. The quantitative estimate of drug-likeness (QED) is 0.915. The van der Waals surface area contributed by atoms with Crippen LogP contribution in [-0.4, -0.2) is 9.97 Å². The van der Waals surface area contributed by atoms with Crippen LogP contribution in [0.25, 0.3) is 11.4 Å². The van der Waals surface area contributed by atoms with Crippen molar-refractivity contribution in [3.05, 3.63) is 40.1 Å². The third kappa shape index (κ3) is 2.15. The highest BCUT2D eigenvalue weighted by molar-refractivity contribution is 9.10. The lowest BCUT2D eigenvalue weighted by atomic mass is 10.1. The molecule has 0 spiro atoms. The highest BCUT2D eigenvalue weighted by Gasteiger charge is 2.08. The van der Waals surface area contributed by atoms with Crippen molar-refractivity contribution in [2.75, 3.05) is 0 Å². The minimum Gasteiger partial charge on any atom is -0.340 e. The predicted molar refractivity (Wildman–Crippen MR) is 65.8 cm³/mol. The first kappa shape index (κ1) is 10.9. The molecule has 0 saturated heterocycles. The van der Waals surface area contributed by atoms with Gasteiger partial charge in [0.15, 0.2) is 0 Å². The molecule has 1 aromatic carbocycles. The van der Waals surface area contributed by atoms with Crippen LogP contribution in [0.4, 0.5) is 0 Å². The molecule has 1 aromatic heterocycles. The van der Waals surface area contributed by atoms with E-state index in [-0.39, 0.29) is 0 Å². The van der Waals surface area contributed by atoms with E-state index in [4.69, 9.17) is 5.26 Å². The van der Waals surface area contributed by atoms with Crippen LogP contribution in [0.5, 0.6) is 0 Å². The van der Waals surface area contributed by atoms with Gasteiger partial charge in [-0.3, -0.25) is 0 Å². The minimum atomic E-state index is 0.333. The van der Waals surface area contributed by atoms with Gasteiger partial charge >= 0.3 is 0 Å². The fraction of sp³-hybridized carbons (Fsp3) is 0.167. The van der Waals surface area contributed by atoms with E-state index in [1.54, 1.807) is 0 Å². The Morgan fingerprint density at radius 1 is 1.50 bits per heavy atom. The molecule has 0 amide bonds. The third-order valence-corrected chi connectivity index (χ3v) is 2.93. The maximum atomic E-state index is 8.65. The van der Waals surface area contributed by atoms with Crippen LogP contribution in [0.2, 0.25) is 0 Å². The Bertz CT molecular complexity index is 552. The lowest BCUT2D eigenvalue weighted by Crippen LogP contribution is -1.83. The van der Waals surface area contributed by atoms with Gasteiger partial charge in [-0.2, -0.15) is 5.26 Å². The number of hydrogen-bond acceptors (Lipinski definition) is 2. The summed E-state index contributed by atoms with van der Waals surface area (Å²) in [5.74, 6) is 0.792. The summed E-state index contributed by atoms with van der Waals surface area (Å²) in [6, 6.07) is 10.2. The molecule has 1 N–H and O–H groups in total. The molecule has 0 unspecified atom stereocenters. The number of aromatic nitrogens is 2. The third-order valence-electron chi connectivity index (χ3n) is 2.28. The predicted octanol–water partition coefficient (Wildman–Crippen LogP) is 3.21. The van der Waals surface area contributed by atoms with Crippen molar-refractivity contribution in [2.45, 2.75) is 13.3 Å². The monoisotopic (exact) mass is 275 g/mol. The van der Waals surface area contributed by atoms with Crippen LogP contribution in [-0.2, 0) is 6.42 Å². The summed E-state index contributed by atoms with van der Waals surface area (Å²) in [7, 11) is 0. The van der Waals surface area contributed by atoms with Crippen molar-refractivity contribution in [1.29, 1.82) is 5.26 Å². The Morgan fingerprint density at radius 2 is 2.31 bits per heavy atom. The first-order chi connectivity index (χ1) is 7.70. The normalized spacial score (nSPS) is 10.1. The van der Waals surface area contributed by atoms with Gasteiger partial charge in [-0.1, -0.05) is 23.8 Å². The fourth-order valence-electron chi connectivity index (χ4n) is 1.51. The molecule has 2 rings (SSSR count). The van der Waals surface area contributed by atoms with E-state index >= 15 is 0 Å². The molecule has 80 valence electrons. The summed E-state index contributed by atoms with van der Waals surface area (Å²) in [4.78, 5) is 7.50. The molecule has 0 radical (unpaired) electrons. The van der Waals surface area contributed by atoms with Gasteiger partial charge < -0.3 is 4.98 Å². The lowest BCUT2D eigenvalue weighted by Gasteiger charge is -1.97. The number of H-pyrrole nitrogens is 1. The molecule has 0 aliphatic heterocycles. The molecule has 0 aliphatic carbocycles. The molecule has 16 heavy (non-hydrogen) atoms. The number of aryl methyl sites for hydroxylation is 1. The summed E-state index contributed by atoms with van der Waals surface area (Å²) in [5, 5.41) is 8.65. The van der Waals surface area contributed by atoms with E-state index in [1.807, 2.05) is 25.1 Å². The Kier molecular flexibility index (Phi) is 3.07. The maximum absolute atomic E-state index is 8.65. The number of aromatic amines is 1. The molecule has 3 nitrogen and oxygen atoms in total. The van der Waals surface area contributed by atoms with E-state index in [2.05, 4.69) is 38.0 Å². The zero-order chi connectivity index (χ0) is 11.5. The van der Waals surface area contributed by atoms with E-state index in [0.29, 0.717) is 11.0 Å². The van der Waals surface area contributed by atoms with E-state index in [1.165, 1.54) is 5.56 Å². The molecule has 0 saturated carbocycles. The largest absolute Gasteiger partial charge is 0.340 e. The number of hydrogen-bond donors (Lipinski definition) is 1. The molecule has 0 fully saturated rings. The topological polar surface area (TPSA) is 52.5 Å². The highest BCUT2D eigenvalue weighted by Crippen LogP contribution is 2.22. The van der Waals surface area contributed by atoms with Crippen molar-refractivity contribution in [3.63, 3.8) is 0 Å². The highest BCUT2D eigenvalue weighted by atomic mass is 79.9. The van der Waals surface area contributed by atoms with E-state index < -0.39 is 0 Å². The Labute approximate surface area is 102 Å². The van der Waals surface area contributed by atoms with Gasteiger partial charge in [0, 0.05) is 5.56 Å². The number of imidazole rings is 1. The van der Waals surface area contributed by atoms with Crippen molar-refractivity contribution in [2.24, 2.45) is 0 Å². The number of nitriles is 1. The number of rotatable bonds is 2. The number of halogens is 1. The van der Waals surface area contributed by atoms with Crippen LogP contribution < -0.4 is 0 Å². The summed E-state index contributed by atoms with van der Waals surface area (Å²) in [5.41, 5.74) is 3.04. The van der Waals surface area contributed by atoms with Gasteiger partial charge in [0.2, 0.25) is 0 Å². The number of benzene rings is 1. The van der Waals surface area contributed by atoms with E-state index in [0.717, 1.165) is 17.1 Å². The van der Waals surface area contributed by atoms with Gasteiger partial charge in [0.1, 0.15) is 10.4 Å². The van der Waals surface area contributed by atoms with Crippen molar-refractivity contribution in [3.8, 4) is 17.5 Å². The average molecular weight is 276 g/mol. The second-order valence-corrected chi connectivity index (χ2v) is 4.31. The first-order valence-electron chi connectivity index (χ1n) is 4.89. The first-order valence-corrected chi connectivity index (χ1v) is 5.68. The Balaban J connectivity index is 2.42. The zero-order valence-electron chi connectivity index (χ0n) is 8.79.